The highest BCUT2D eigenvalue weighted by Gasteiger charge is 2.25. The van der Waals surface area contributed by atoms with Crippen molar-refractivity contribution in [1.82, 2.24) is 50.0 Å². The quantitative estimate of drug-likeness (QED) is 0.103. The number of aromatic nitrogens is 9. The molecular weight excluding hydrogens is 926 g/mol. The van der Waals surface area contributed by atoms with E-state index in [-0.39, 0.29) is 35.2 Å². The Labute approximate surface area is 411 Å². The number of hydrogen-bond acceptors (Lipinski definition) is 11. The lowest BCUT2D eigenvalue weighted by molar-refractivity contribution is 0.0989. The molecule has 1 fully saturated rings. The molecule has 6 aromatic heterocycles. The number of carbonyl (C=O) groups is 3. The first-order valence-electron chi connectivity index (χ1n) is 22.4. The van der Waals surface area contributed by atoms with Gasteiger partial charge < -0.3 is 20.4 Å². The van der Waals surface area contributed by atoms with E-state index in [9.17, 15) is 27.6 Å². The number of anilines is 4. The average molecular weight is 973 g/mol. The van der Waals surface area contributed by atoms with E-state index in [1.807, 2.05) is 42.6 Å². The summed E-state index contributed by atoms with van der Waals surface area (Å²) in [6, 6.07) is 27.3. The molecule has 20 heteroatoms. The number of aromatic amines is 2. The third-order valence-electron chi connectivity index (χ3n) is 11.4. The Morgan fingerprint density at radius 1 is 0.569 bits per heavy atom. The molecule has 0 atom stereocenters. The zero-order valence-corrected chi connectivity index (χ0v) is 39.2. The minimum absolute atomic E-state index is 0.251. The van der Waals surface area contributed by atoms with Crippen LogP contribution in [-0.4, -0.2) is 108 Å². The van der Waals surface area contributed by atoms with Crippen LogP contribution in [-0.2, 0) is 7.05 Å². The van der Waals surface area contributed by atoms with E-state index < -0.39 is 0 Å². The molecule has 1 aliphatic rings. The Morgan fingerprint density at radius 3 is 1.54 bits per heavy atom. The van der Waals surface area contributed by atoms with E-state index in [4.69, 9.17) is 0 Å². The smallest absolute Gasteiger partial charge is 0.259 e. The number of likely N-dealkylation sites (N-methyl/N-ethyl adjacent to an activating group) is 1. The van der Waals surface area contributed by atoms with Gasteiger partial charge in [-0.25, -0.2) is 13.2 Å². The van der Waals surface area contributed by atoms with E-state index >= 15 is 0 Å². The first kappa shape index (κ1) is 49.1. The number of H-pyrrole nitrogens is 2. The summed E-state index contributed by atoms with van der Waals surface area (Å²) >= 11 is 0. The molecule has 0 aliphatic carbocycles. The zero-order valence-electron chi connectivity index (χ0n) is 39.2. The first-order valence-corrected chi connectivity index (χ1v) is 22.4. The van der Waals surface area contributed by atoms with Gasteiger partial charge in [0.1, 0.15) is 29.1 Å². The fraction of sp³-hybridized carbons (Fsp3) is 0.135. The van der Waals surface area contributed by atoms with Crippen molar-refractivity contribution in [3.05, 3.63) is 193 Å². The van der Waals surface area contributed by atoms with Crippen molar-refractivity contribution in [2.45, 2.75) is 0 Å². The van der Waals surface area contributed by atoms with Crippen molar-refractivity contribution < 1.29 is 27.6 Å². The van der Waals surface area contributed by atoms with Gasteiger partial charge in [0.2, 0.25) is 0 Å². The van der Waals surface area contributed by atoms with Crippen molar-refractivity contribution in [1.29, 1.82) is 0 Å². The molecule has 1 saturated heterocycles. The molecule has 72 heavy (non-hydrogen) atoms. The summed E-state index contributed by atoms with van der Waals surface area (Å²) in [6.45, 7) is 3.59. The molecule has 0 spiro atoms. The first-order chi connectivity index (χ1) is 34.9. The van der Waals surface area contributed by atoms with Crippen LogP contribution in [0.2, 0.25) is 0 Å². The predicted octanol–water partition coefficient (Wildman–Crippen LogP) is 8.38. The second kappa shape index (κ2) is 22.9. The second-order valence-corrected chi connectivity index (χ2v) is 16.3. The highest BCUT2D eigenvalue weighted by molar-refractivity contribution is 6.08. The largest absolute Gasteiger partial charge is 0.352 e. The molecule has 0 saturated carbocycles. The van der Waals surface area contributed by atoms with Crippen molar-refractivity contribution in [2.24, 2.45) is 7.05 Å². The number of halogens is 3. The zero-order chi connectivity index (χ0) is 50.6. The van der Waals surface area contributed by atoms with E-state index in [0.29, 0.717) is 34.1 Å². The van der Waals surface area contributed by atoms with Crippen LogP contribution in [0.5, 0.6) is 0 Å². The van der Waals surface area contributed by atoms with E-state index in [0.717, 1.165) is 65.4 Å². The Bertz CT molecular complexity index is 3220. The maximum absolute atomic E-state index is 13.1. The number of aryl methyl sites for hydroxylation is 1. The number of piperazine rings is 1. The molecule has 4 N–H and O–H groups in total. The van der Waals surface area contributed by atoms with Crippen LogP contribution in [0.4, 0.5) is 36.4 Å². The van der Waals surface area contributed by atoms with Gasteiger partial charge in [-0.2, -0.15) is 15.3 Å². The van der Waals surface area contributed by atoms with Gasteiger partial charge in [-0.1, -0.05) is 0 Å². The monoisotopic (exact) mass is 972 g/mol. The van der Waals surface area contributed by atoms with Crippen LogP contribution in [0.25, 0.3) is 33.4 Å². The van der Waals surface area contributed by atoms with Crippen molar-refractivity contribution in [3.63, 3.8) is 0 Å². The normalized spacial score (nSPS) is 12.2. The molecule has 1 aliphatic heterocycles. The number of pyridine rings is 3. The van der Waals surface area contributed by atoms with E-state index in [2.05, 4.69) is 67.9 Å². The molecule has 0 unspecified atom stereocenters. The summed E-state index contributed by atoms with van der Waals surface area (Å²) < 4.78 is 40.7. The fourth-order valence-electron chi connectivity index (χ4n) is 7.51. The molecular formula is C52H47F3N14O3. The molecule has 3 amide bonds. The van der Waals surface area contributed by atoms with Crippen molar-refractivity contribution in [3.8, 4) is 33.4 Å². The molecule has 9 aromatic rings. The second-order valence-electron chi connectivity index (χ2n) is 16.3. The van der Waals surface area contributed by atoms with Crippen LogP contribution in [0.15, 0.2) is 159 Å². The number of amides is 3. The third kappa shape index (κ3) is 12.1. The number of rotatable bonds is 10. The third-order valence-corrected chi connectivity index (χ3v) is 11.4. The van der Waals surface area contributed by atoms with Crippen LogP contribution in [0, 0.1) is 17.5 Å². The summed E-state index contributed by atoms with van der Waals surface area (Å²) in [7, 11) is 5.54. The topological polar surface area (TPSA) is 199 Å². The Hall–Kier alpha value is -9.30. The van der Waals surface area contributed by atoms with Crippen LogP contribution < -0.4 is 20.4 Å². The summed E-state index contributed by atoms with van der Waals surface area (Å²) in [5.41, 5.74) is 6.26. The number of benzene rings is 3. The number of nitrogens with zero attached hydrogens (tertiary/aromatic N) is 10. The van der Waals surface area contributed by atoms with Crippen molar-refractivity contribution >= 4 is 41.0 Å². The Kier molecular flexibility index (Phi) is 15.6. The lowest BCUT2D eigenvalue weighted by Crippen LogP contribution is -2.44. The van der Waals surface area contributed by atoms with Gasteiger partial charge in [-0.05, 0) is 133 Å². The summed E-state index contributed by atoms with van der Waals surface area (Å²) in [4.78, 5) is 55.3. The van der Waals surface area contributed by atoms with Gasteiger partial charge in [-0.3, -0.25) is 49.1 Å². The van der Waals surface area contributed by atoms with E-state index in [1.165, 1.54) is 77.7 Å². The fourth-order valence-corrected chi connectivity index (χ4v) is 7.51. The molecule has 17 nitrogen and oxygen atoms in total. The van der Waals surface area contributed by atoms with Gasteiger partial charge in [0, 0.05) is 111 Å². The SMILES string of the molecule is CN(C(=O)c1ccc(F)cc1)c1nn(C)cc1-c1ccncc1.CN1CCN(c2n[nH]c(NC(=O)c3ccc(F)cc3)c2-c2ccncc2)CC1.O=C(Nc1[nH]ncc1-c1ccncc1)c1ccc(F)cc1. The van der Waals surface area contributed by atoms with Crippen molar-refractivity contribution in [2.75, 3.05) is 60.7 Å². The molecule has 0 radical (unpaired) electrons. The highest BCUT2D eigenvalue weighted by Crippen LogP contribution is 2.36. The Balaban J connectivity index is 0.000000146. The summed E-state index contributed by atoms with van der Waals surface area (Å²) in [5, 5.41) is 24.1. The molecule has 3 aromatic carbocycles. The van der Waals surface area contributed by atoms with Crippen LogP contribution >= 0.6 is 0 Å². The predicted molar refractivity (Wildman–Crippen MR) is 268 cm³/mol. The summed E-state index contributed by atoms with van der Waals surface area (Å²) in [6.07, 6.45) is 13.6. The lowest BCUT2D eigenvalue weighted by atomic mass is 10.1. The summed E-state index contributed by atoms with van der Waals surface area (Å²) in [5.74, 6) is 0.266. The minimum atomic E-state index is -0.384. The van der Waals surface area contributed by atoms with Crippen LogP contribution in [0.1, 0.15) is 31.1 Å². The minimum Gasteiger partial charge on any atom is -0.352 e. The maximum atomic E-state index is 13.1. The highest BCUT2D eigenvalue weighted by atomic mass is 19.1. The number of carbonyl (C=O) groups excluding carboxylic acids is 3. The van der Waals surface area contributed by atoms with Gasteiger partial charge in [0.15, 0.2) is 11.6 Å². The average Bonchev–Trinajstić information content (AvgIpc) is 4.16. The maximum Gasteiger partial charge on any atom is 0.259 e. The molecule has 10 rings (SSSR count). The number of nitrogens with one attached hydrogen (secondary N) is 4. The molecule has 364 valence electrons. The molecule has 0 bridgehead atoms. The number of hydrogen-bond donors (Lipinski definition) is 4. The Morgan fingerprint density at radius 2 is 1.03 bits per heavy atom. The van der Waals surface area contributed by atoms with Gasteiger partial charge in [0.25, 0.3) is 17.7 Å². The lowest BCUT2D eigenvalue weighted by Gasteiger charge is -2.33. The molecule has 7 heterocycles. The standard InChI is InChI=1S/C20H21FN6O.C17H15FN4O.C15H11FN4O/c1-26-10-12-27(13-11-26)19-17(14-6-8-22-9-7-14)18(24-25-19)23-20(28)15-2-4-16(21)5-3-15;1-21-11-15(12-7-9-19-10-8-12)16(20-21)22(2)17(23)13-3-5-14(18)6-4-13;16-12-3-1-11(2-4-12)15(21)19-14-13(9-18-20-14)10-5-7-17-8-6-10/h2-9H,10-13H2,1H3,(H2,23,24,25,28);3-11H,1-2H3;1-9H,(H2,18,19,20,21). The van der Waals surface area contributed by atoms with Crippen LogP contribution in [0.3, 0.4) is 0 Å². The van der Waals surface area contributed by atoms with E-state index in [1.54, 1.807) is 62.2 Å². The van der Waals surface area contributed by atoms with Gasteiger partial charge >= 0.3 is 0 Å². The van der Waals surface area contributed by atoms with Gasteiger partial charge in [0.05, 0.1) is 11.8 Å². The van der Waals surface area contributed by atoms with Gasteiger partial charge in [-0.15, -0.1) is 0 Å².